The fraction of sp³-hybridized carbons (Fsp3) is 0.417. The van der Waals surface area contributed by atoms with Crippen LogP contribution in [-0.4, -0.2) is 28.5 Å². The van der Waals surface area contributed by atoms with Gasteiger partial charge in [0.15, 0.2) is 0 Å². The molecule has 0 fully saturated rings. The molecule has 0 saturated carbocycles. The average Bonchev–Trinajstić information content (AvgIpc) is 2.37. The zero-order valence-corrected chi connectivity index (χ0v) is 10.4. The fourth-order valence-electron chi connectivity index (χ4n) is 1.40. The van der Waals surface area contributed by atoms with E-state index in [1.165, 1.54) is 0 Å². The van der Waals surface area contributed by atoms with Gasteiger partial charge in [-0.1, -0.05) is 0 Å². The number of pyridine rings is 1. The summed E-state index contributed by atoms with van der Waals surface area (Å²) in [6.45, 7) is 0.257. The van der Waals surface area contributed by atoms with Gasteiger partial charge in [0.05, 0.1) is 5.56 Å². The Morgan fingerprint density at radius 1 is 1.25 bits per heavy atom. The lowest BCUT2D eigenvalue weighted by Gasteiger charge is -2.07. The Balaban J connectivity index is 2.42. The van der Waals surface area contributed by atoms with E-state index in [4.69, 9.17) is 5.11 Å². The molecular formula is C12H13F3N2O3. The number of carbonyl (C=O) groups is 2. The Morgan fingerprint density at radius 2 is 1.95 bits per heavy atom. The Kier molecular flexibility index (Phi) is 5.48. The van der Waals surface area contributed by atoms with Crippen molar-refractivity contribution < 1.29 is 27.9 Å². The molecule has 1 heterocycles. The maximum atomic E-state index is 12.3. The van der Waals surface area contributed by atoms with Crippen molar-refractivity contribution >= 4 is 11.9 Å². The molecule has 8 heteroatoms. The van der Waals surface area contributed by atoms with Gasteiger partial charge in [0.25, 0.3) is 5.91 Å². The number of aliphatic carboxylic acids is 1. The van der Waals surface area contributed by atoms with Gasteiger partial charge in [0.1, 0.15) is 5.69 Å². The number of hydrogen-bond acceptors (Lipinski definition) is 3. The molecule has 0 bridgehead atoms. The van der Waals surface area contributed by atoms with Crippen molar-refractivity contribution in [3.8, 4) is 0 Å². The molecule has 110 valence electrons. The Hall–Kier alpha value is -2.12. The lowest BCUT2D eigenvalue weighted by Crippen LogP contribution is -2.25. The van der Waals surface area contributed by atoms with E-state index in [9.17, 15) is 22.8 Å². The number of unbranched alkanes of at least 4 members (excludes halogenated alkanes) is 1. The molecule has 1 aromatic heterocycles. The zero-order valence-electron chi connectivity index (χ0n) is 10.4. The topological polar surface area (TPSA) is 79.3 Å². The molecule has 5 nitrogen and oxygen atoms in total. The van der Waals surface area contributed by atoms with Crippen molar-refractivity contribution in [2.45, 2.75) is 25.4 Å². The average molecular weight is 290 g/mol. The van der Waals surface area contributed by atoms with Gasteiger partial charge in [0, 0.05) is 19.2 Å². The lowest BCUT2D eigenvalue weighted by molar-refractivity contribution is -0.141. The smallest absolute Gasteiger partial charge is 0.433 e. The first-order chi connectivity index (χ1) is 9.30. The van der Waals surface area contributed by atoms with Gasteiger partial charge in [-0.2, -0.15) is 13.2 Å². The molecule has 1 amide bonds. The highest BCUT2D eigenvalue weighted by Crippen LogP contribution is 2.27. The summed E-state index contributed by atoms with van der Waals surface area (Å²) < 4.78 is 36.8. The quantitative estimate of drug-likeness (QED) is 0.786. The first-order valence-electron chi connectivity index (χ1n) is 5.84. The highest BCUT2D eigenvalue weighted by Gasteiger charge is 2.32. The molecule has 0 aliphatic heterocycles. The number of alkyl halides is 3. The van der Waals surface area contributed by atoms with Gasteiger partial charge in [-0.15, -0.1) is 0 Å². The molecular weight excluding hydrogens is 277 g/mol. The molecule has 0 spiro atoms. The number of carbonyl (C=O) groups excluding carboxylic acids is 1. The SMILES string of the molecule is O=C(O)CCCCNC(=O)c1ccc(C(F)(F)F)nc1. The Labute approximate surface area is 112 Å². The van der Waals surface area contributed by atoms with Gasteiger partial charge < -0.3 is 10.4 Å². The standard InChI is InChI=1S/C12H13F3N2O3/c13-12(14,15)9-5-4-8(7-17-9)11(20)16-6-2-1-3-10(18)19/h4-5,7H,1-3,6H2,(H,16,20)(H,18,19). The largest absolute Gasteiger partial charge is 0.481 e. The van der Waals surface area contributed by atoms with Crippen LogP contribution in [0.1, 0.15) is 35.3 Å². The first kappa shape index (κ1) is 15.9. The van der Waals surface area contributed by atoms with Crippen LogP contribution in [0.4, 0.5) is 13.2 Å². The lowest BCUT2D eigenvalue weighted by atomic mass is 10.2. The number of hydrogen-bond donors (Lipinski definition) is 2. The molecule has 2 N–H and O–H groups in total. The summed E-state index contributed by atoms with van der Waals surface area (Å²) in [5.74, 6) is -1.45. The predicted octanol–water partition coefficient (Wildman–Crippen LogP) is 2.09. The van der Waals surface area contributed by atoms with Gasteiger partial charge in [-0.25, -0.2) is 0 Å². The van der Waals surface area contributed by atoms with Gasteiger partial charge in [0.2, 0.25) is 0 Å². The molecule has 0 aromatic carbocycles. The van der Waals surface area contributed by atoms with Crippen LogP contribution in [0.5, 0.6) is 0 Å². The minimum absolute atomic E-state index is 0.0116. The van der Waals surface area contributed by atoms with Crippen molar-refractivity contribution in [3.63, 3.8) is 0 Å². The summed E-state index contributed by atoms with van der Waals surface area (Å²) in [5.41, 5.74) is -1.04. The third kappa shape index (κ3) is 5.25. The van der Waals surface area contributed by atoms with Crippen LogP contribution < -0.4 is 5.32 Å². The first-order valence-corrected chi connectivity index (χ1v) is 5.84. The van der Waals surface area contributed by atoms with Crippen LogP contribution in [-0.2, 0) is 11.0 Å². The molecule has 0 radical (unpaired) electrons. The van der Waals surface area contributed by atoms with Crippen LogP contribution in [0, 0.1) is 0 Å². The van der Waals surface area contributed by atoms with Crippen molar-refractivity contribution in [1.29, 1.82) is 0 Å². The van der Waals surface area contributed by atoms with Crippen LogP contribution >= 0.6 is 0 Å². The number of carboxylic acids is 1. The van der Waals surface area contributed by atoms with E-state index < -0.39 is 23.7 Å². The van der Waals surface area contributed by atoms with E-state index >= 15 is 0 Å². The second kappa shape index (κ2) is 6.88. The number of amides is 1. The van der Waals surface area contributed by atoms with Crippen molar-refractivity contribution in [1.82, 2.24) is 10.3 Å². The Bertz CT molecular complexity index is 472. The predicted molar refractivity (Wildman–Crippen MR) is 63.1 cm³/mol. The number of halogens is 3. The highest BCUT2D eigenvalue weighted by molar-refractivity contribution is 5.93. The molecule has 0 aliphatic carbocycles. The zero-order chi connectivity index (χ0) is 15.2. The number of nitrogens with one attached hydrogen (secondary N) is 1. The summed E-state index contributed by atoms with van der Waals surface area (Å²) in [7, 11) is 0. The van der Waals surface area contributed by atoms with Crippen molar-refractivity contribution in [2.24, 2.45) is 0 Å². The second-order valence-corrected chi connectivity index (χ2v) is 4.04. The van der Waals surface area contributed by atoms with Gasteiger partial charge in [-0.3, -0.25) is 14.6 Å². The van der Waals surface area contributed by atoms with E-state index in [0.29, 0.717) is 12.8 Å². The summed E-state index contributed by atoms with van der Waals surface area (Å²) in [6, 6.07) is 1.78. The third-order valence-electron chi connectivity index (χ3n) is 2.42. The molecule has 0 atom stereocenters. The van der Waals surface area contributed by atoms with Crippen LogP contribution in [0.3, 0.4) is 0 Å². The monoisotopic (exact) mass is 290 g/mol. The highest BCUT2D eigenvalue weighted by atomic mass is 19.4. The van der Waals surface area contributed by atoms with Gasteiger partial charge >= 0.3 is 12.1 Å². The van der Waals surface area contributed by atoms with E-state index in [1.807, 2.05) is 0 Å². The maximum Gasteiger partial charge on any atom is 0.433 e. The summed E-state index contributed by atoms with van der Waals surface area (Å²) in [6.07, 6.45) is -2.77. The van der Waals surface area contributed by atoms with Crippen molar-refractivity contribution in [2.75, 3.05) is 6.54 Å². The van der Waals surface area contributed by atoms with Crippen LogP contribution in [0.25, 0.3) is 0 Å². The van der Waals surface area contributed by atoms with E-state index in [1.54, 1.807) is 0 Å². The minimum atomic E-state index is -4.54. The fourth-order valence-corrected chi connectivity index (χ4v) is 1.40. The number of rotatable bonds is 6. The van der Waals surface area contributed by atoms with E-state index in [0.717, 1.165) is 18.3 Å². The molecule has 1 rings (SSSR count). The van der Waals surface area contributed by atoms with Crippen molar-refractivity contribution in [3.05, 3.63) is 29.6 Å². The van der Waals surface area contributed by atoms with Crippen LogP contribution in [0.2, 0.25) is 0 Å². The summed E-state index contributed by atoms with van der Waals surface area (Å²) in [5, 5.41) is 10.9. The summed E-state index contributed by atoms with van der Waals surface area (Å²) >= 11 is 0. The van der Waals surface area contributed by atoms with Crippen LogP contribution in [0.15, 0.2) is 18.3 Å². The molecule has 0 unspecified atom stereocenters. The second-order valence-electron chi connectivity index (χ2n) is 4.04. The third-order valence-corrected chi connectivity index (χ3v) is 2.42. The summed E-state index contributed by atoms with van der Waals surface area (Å²) in [4.78, 5) is 25.0. The molecule has 0 aliphatic rings. The number of carboxylic acid groups (broad SMARTS) is 1. The van der Waals surface area contributed by atoms with E-state index in [2.05, 4.69) is 10.3 Å². The van der Waals surface area contributed by atoms with Gasteiger partial charge in [-0.05, 0) is 25.0 Å². The number of nitrogens with zero attached hydrogens (tertiary/aromatic N) is 1. The Morgan fingerprint density at radius 3 is 2.45 bits per heavy atom. The molecule has 20 heavy (non-hydrogen) atoms. The molecule has 0 saturated heterocycles. The minimum Gasteiger partial charge on any atom is -0.481 e. The number of aromatic nitrogens is 1. The maximum absolute atomic E-state index is 12.3. The molecule has 1 aromatic rings. The van der Waals surface area contributed by atoms with E-state index in [-0.39, 0.29) is 18.5 Å². The normalized spacial score (nSPS) is 11.2.